The second-order valence-corrected chi connectivity index (χ2v) is 6.89. The highest BCUT2D eigenvalue weighted by Crippen LogP contribution is 2.24. The van der Waals surface area contributed by atoms with Crippen LogP contribution < -0.4 is 5.32 Å². The zero-order valence-electron chi connectivity index (χ0n) is 13.7. The van der Waals surface area contributed by atoms with E-state index in [-0.39, 0.29) is 11.3 Å². The fraction of sp³-hybridized carbons (Fsp3) is 0.200. The largest absolute Gasteiger partial charge is 0.351 e. The number of para-hydroxylation sites is 1. The van der Waals surface area contributed by atoms with Gasteiger partial charge in [-0.2, -0.15) is 0 Å². The first-order chi connectivity index (χ1) is 11.5. The van der Waals surface area contributed by atoms with E-state index in [4.69, 9.17) is 11.6 Å². The van der Waals surface area contributed by atoms with Crippen LogP contribution in [0.15, 0.2) is 60.8 Å². The summed E-state index contributed by atoms with van der Waals surface area (Å²) >= 11 is 5.95. The van der Waals surface area contributed by atoms with Crippen LogP contribution in [0.4, 0.5) is 0 Å². The molecule has 0 atom stereocenters. The molecule has 0 aliphatic heterocycles. The molecule has 0 radical (unpaired) electrons. The lowest BCUT2D eigenvalue weighted by molar-refractivity contribution is 0.0947. The number of carbonyl (C=O) groups is 1. The van der Waals surface area contributed by atoms with Gasteiger partial charge in [0.25, 0.3) is 5.91 Å². The number of fused-ring (bicyclic) bond motifs is 1. The smallest absolute Gasteiger partial charge is 0.253 e. The normalized spacial score (nSPS) is 11.5. The van der Waals surface area contributed by atoms with Crippen molar-refractivity contribution in [1.29, 1.82) is 0 Å². The van der Waals surface area contributed by atoms with Crippen molar-refractivity contribution < 1.29 is 4.79 Å². The summed E-state index contributed by atoms with van der Waals surface area (Å²) in [5, 5.41) is 4.70. The van der Waals surface area contributed by atoms with E-state index >= 15 is 0 Å². The molecule has 24 heavy (non-hydrogen) atoms. The van der Waals surface area contributed by atoms with E-state index in [9.17, 15) is 4.79 Å². The minimum atomic E-state index is -0.196. The molecule has 3 rings (SSSR count). The van der Waals surface area contributed by atoms with Gasteiger partial charge in [-0.25, -0.2) is 0 Å². The Morgan fingerprint density at radius 2 is 1.79 bits per heavy atom. The Morgan fingerprint density at radius 1 is 1.08 bits per heavy atom. The van der Waals surface area contributed by atoms with Crippen LogP contribution in [0.2, 0.25) is 5.02 Å². The standard InChI is InChI=1S/C20H19ClN2O/c1-20(2,15-8-10-16(21)11-9-15)13-23-19(24)17-7-3-5-14-6-4-12-22-18(14)17/h3-12H,13H2,1-2H3,(H,23,24). The van der Waals surface area contributed by atoms with Crippen LogP contribution in [-0.2, 0) is 5.41 Å². The fourth-order valence-electron chi connectivity index (χ4n) is 2.69. The van der Waals surface area contributed by atoms with E-state index in [2.05, 4.69) is 24.1 Å². The Kier molecular flexibility index (Phi) is 4.54. The highest BCUT2D eigenvalue weighted by molar-refractivity contribution is 6.30. The van der Waals surface area contributed by atoms with Crippen LogP contribution in [0.1, 0.15) is 29.8 Å². The topological polar surface area (TPSA) is 42.0 Å². The zero-order chi connectivity index (χ0) is 17.2. The van der Waals surface area contributed by atoms with Crippen molar-refractivity contribution in [1.82, 2.24) is 10.3 Å². The van der Waals surface area contributed by atoms with Gasteiger partial charge in [0.1, 0.15) is 0 Å². The average Bonchev–Trinajstić information content (AvgIpc) is 2.59. The maximum Gasteiger partial charge on any atom is 0.253 e. The van der Waals surface area contributed by atoms with Crippen molar-refractivity contribution in [3.8, 4) is 0 Å². The number of carbonyl (C=O) groups excluding carboxylic acids is 1. The monoisotopic (exact) mass is 338 g/mol. The third kappa shape index (κ3) is 3.41. The van der Waals surface area contributed by atoms with E-state index in [1.54, 1.807) is 12.3 Å². The molecule has 122 valence electrons. The molecule has 3 nitrogen and oxygen atoms in total. The SMILES string of the molecule is CC(C)(CNC(=O)c1cccc2cccnc12)c1ccc(Cl)cc1. The number of pyridine rings is 1. The minimum Gasteiger partial charge on any atom is -0.351 e. The number of rotatable bonds is 4. The summed E-state index contributed by atoms with van der Waals surface area (Å²) < 4.78 is 0. The lowest BCUT2D eigenvalue weighted by Crippen LogP contribution is -2.36. The van der Waals surface area contributed by atoms with Gasteiger partial charge in [0, 0.05) is 28.6 Å². The zero-order valence-corrected chi connectivity index (χ0v) is 14.5. The molecule has 4 heteroatoms. The number of aromatic nitrogens is 1. The summed E-state index contributed by atoms with van der Waals surface area (Å²) in [6.07, 6.45) is 1.71. The predicted molar refractivity (Wildman–Crippen MR) is 98.6 cm³/mol. The summed E-state index contributed by atoms with van der Waals surface area (Å²) in [5.41, 5.74) is 2.25. The quantitative estimate of drug-likeness (QED) is 0.755. The molecule has 0 aliphatic rings. The summed E-state index contributed by atoms with van der Waals surface area (Å²) in [7, 11) is 0. The molecule has 1 amide bonds. The molecule has 1 aromatic heterocycles. The fourth-order valence-corrected chi connectivity index (χ4v) is 2.81. The average molecular weight is 339 g/mol. The van der Waals surface area contributed by atoms with Gasteiger partial charge in [-0.1, -0.05) is 55.8 Å². The Bertz CT molecular complexity index is 867. The lowest BCUT2D eigenvalue weighted by Gasteiger charge is -2.26. The Balaban J connectivity index is 1.78. The van der Waals surface area contributed by atoms with Gasteiger partial charge in [-0.15, -0.1) is 0 Å². The van der Waals surface area contributed by atoms with Crippen molar-refractivity contribution in [3.63, 3.8) is 0 Å². The Morgan fingerprint density at radius 3 is 2.54 bits per heavy atom. The molecule has 1 N–H and O–H groups in total. The number of hydrogen-bond acceptors (Lipinski definition) is 2. The van der Waals surface area contributed by atoms with Gasteiger partial charge < -0.3 is 5.32 Å². The molecule has 1 heterocycles. The Hall–Kier alpha value is -2.39. The van der Waals surface area contributed by atoms with Gasteiger partial charge in [-0.3, -0.25) is 9.78 Å². The van der Waals surface area contributed by atoms with Gasteiger partial charge in [-0.05, 0) is 29.8 Å². The van der Waals surface area contributed by atoms with Crippen LogP contribution in [0.25, 0.3) is 10.9 Å². The van der Waals surface area contributed by atoms with Crippen molar-refractivity contribution in [2.45, 2.75) is 19.3 Å². The number of nitrogens with one attached hydrogen (secondary N) is 1. The first-order valence-corrected chi connectivity index (χ1v) is 8.23. The third-order valence-electron chi connectivity index (χ3n) is 4.19. The van der Waals surface area contributed by atoms with Crippen LogP contribution in [0.5, 0.6) is 0 Å². The predicted octanol–water partition coefficient (Wildman–Crippen LogP) is 4.60. The van der Waals surface area contributed by atoms with E-state index < -0.39 is 0 Å². The summed E-state index contributed by atoms with van der Waals surface area (Å²) in [4.78, 5) is 17.0. The summed E-state index contributed by atoms with van der Waals surface area (Å²) in [6, 6.07) is 17.2. The number of amides is 1. The number of benzene rings is 2. The third-order valence-corrected chi connectivity index (χ3v) is 4.45. The van der Waals surface area contributed by atoms with E-state index in [0.717, 1.165) is 16.5 Å². The molecule has 3 aromatic rings. The molecule has 2 aromatic carbocycles. The highest BCUT2D eigenvalue weighted by atomic mass is 35.5. The molecule has 0 fully saturated rings. The van der Waals surface area contributed by atoms with Crippen molar-refractivity contribution in [3.05, 3.63) is 76.9 Å². The minimum absolute atomic E-state index is 0.110. The van der Waals surface area contributed by atoms with E-state index in [0.29, 0.717) is 17.1 Å². The van der Waals surface area contributed by atoms with Gasteiger partial charge >= 0.3 is 0 Å². The molecule has 0 unspecified atom stereocenters. The number of hydrogen-bond donors (Lipinski definition) is 1. The molecule has 0 saturated carbocycles. The molecule has 0 bridgehead atoms. The van der Waals surface area contributed by atoms with E-state index in [1.165, 1.54) is 0 Å². The first-order valence-electron chi connectivity index (χ1n) is 7.85. The van der Waals surface area contributed by atoms with Crippen LogP contribution >= 0.6 is 11.6 Å². The van der Waals surface area contributed by atoms with Crippen molar-refractivity contribution in [2.75, 3.05) is 6.54 Å². The van der Waals surface area contributed by atoms with Crippen molar-refractivity contribution >= 4 is 28.4 Å². The summed E-state index contributed by atoms with van der Waals surface area (Å²) in [5.74, 6) is -0.110. The van der Waals surface area contributed by atoms with Crippen LogP contribution in [0, 0.1) is 0 Å². The van der Waals surface area contributed by atoms with Gasteiger partial charge in [0.2, 0.25) is 0 Å². The molecular weight excluding hydrogens is 320 g/mol. The van der Waals surface area contributed by atoms with Gasteiger partial charge in [0.05, 0.1) is 11.1 Å². The highest BCUT2D eigenvalue weighted by Gasteiger charge is 2.22. The second kappa shape index (κ2) is 6.62. The number of nitrogens with zero attached hydrogens (tertiary/aromatic N) is 1. The molecule has 0 saturated heterocycles. The van der Waals surface area contributed by atoms with Gasteiger partial charge in [0.15, 0.2) is 0 Å². The lowest BCUT2D eigenvalue weighted by atomic mass is 9.84. The molecular formula is C20H19ClN2O. The first kappa shape index (κ1) is 16.5. The van der Waals surface area contributed by atoms with Crippen LogP contribution in [0.3, 0.4) is 0 Å². The van der Waals surface area contributed by atoms with E-state index in [1.807, 2.05) is 48.5 Å². The molecule has 0 aliphatic carbocycles. The molecule has 0 spiro atoms. The maximum atomic E-state index is 12.6. The van der Waals surface area contributed by atoms with Crippen molar-refractivity contribution in [2.24, 2.45) is 0 Å². The Labute approximate surface area is 146 Å². The second-order valence-electron chi connectivity index (χ2n) is 6.45. The summed E-state index contributed by atoms with van der Waals surface area (Å²) in [6.45, 7) is 4.71. The van der Waals surface area contributed by atoms with Crippen LogP contribution in [-0.4, -0.2) is 17.4 Å². The number of halogens is 1. The maximum absolute atomic E-state index is 12.6.